The van der Waals surface area contributed by atoms with Gasteiger partial charge in [-0.2, -0.15) is 0 Å². The summed E-state index contributed by atoms with van der Waals surface area (Å²) in [6.07, 6.45) is 2.58. The molecule has 124 valence electrons. The molecule has 2 aliphatic heterocycles. The summed E-state index contributed by atoms with van der Waals surface area (Å²) in [5.41, 5.74) is 2.69. The maximum atomic E-state index is 12.5. The summed E-state index contributed by atoms with van der Waals surface area (Å²) in [6.45, 7) is 8.70. The van der Waals surface area contributed by atoms with Gasteiger partial charge in [-0.3, -0.25) is 9.88 Å². The molecule has 0 N–H and O–H groups in total. The van der Waals surface area contributed by atoms with Gasteiger partial charge in [0.15, 0.2) is 0 Å². The summed E-state index contributed by atoms with van der Waals surface area (Å²) < 4.78 is 11.2. The first-order valence-electron chi connectivity index (χ1n) is 8.07. The molecule has 1 amide bonds. The van der Waals surface area contributed by atoms with E-state index in [1.807, 2.05) is 50.8 Å². The highest BCUT2D eigenvalue weighted by atomic mass is 16.6. The van der Waals surface area contributed by atoms with E-state index in [4.69, 9.17) is 9.47 Å². The smallest absolute Gasteiger partial charge is 0.411 e. The van der Waals surface area contributed by atoms with Gasteiger partial charge in [-0.25, -0.2) is 4.79 Å². The number of fused-ring (bicyclic) bond motifs is 2. The van der Waals surface area contributed by atoms with Crippen LogP contribution in [0.25, 0.3) is 5.57 Å². The maximum Gasteiger partial charge on any atom is 0.411 e. The number of morpholine rings is 1. The fraction of sp³-hybridized carbons (Fsp3) is 0.556. The van der Waals surface area contributed by atoms with Gasteiger partial charge in [-0.15, -0.1) is 0 Å². The van der Waals surface area contributed by atoms with Crippen LogP contribution in [-0.2, 0) is 9.47 Å². The molecule has 1 aromatic rings. The third kappa shape index (κ3) is 3.55. The standard InChI is InChI=1S/C18H24N2O3/c1-12-6-5-7-16(19-12)13-8-14-10-22-11-15(9-13)20(14)17(21)23-18(2,3)4/h5-8,14-15H,9-11H2,1-4H3. The Balaban J connectivity index is 1.86. The first-order valence-corrected chi connectivity index (χ1v) is 8.07. The number of aryl methyl sites for hydroxylation is 1. The van der Waals surface area contributed by atoms with Crippen molar-refractivity contribution in [2.75, 3.05) is 13.2 Å². The lowest BCUT2D eigenvalue weighted by Gasteiger charge is -2.44. The zero-order chi connectivity index (χ0) is 16.6. The van der Waals surface area contributed by atoms with Gasteiger partial charge in [0.1, 0.15) is 5.60 Å². The van der Waals surface area contributed by atoms with Gasteiger partial charge < -0.3 is 9.47 Å². The van der Waals surface area contributed by atoms with Crippen molar-refractivity contribution in [2.45, 2.75) is 51.8 Å². The van der Waals surface area contributed by atoms with E-state index in [-0.39, 0.29) is 18.2 Å². The molecule has 0 spiro atoms. The van der Waals surface area contributed by atoms with Crippen LogP contribution in [0, 0.1) is 6.92 Å². The maximum absolute atomic E-state index is 12.5. The molecule has 5 nitrogen and oxygen atoms in total. The number of hydrogen-bond donors (Lipinski definition) is 0. The van der Waals surface area contributed by atoms with Crippen LogP contribution in [0.3, 0.4) is 0 Å². The molecule has 3 rings (SSSR count). The molecule has 1 saturated heterocycles. The minimum Gasteiger partial charge on any atom is -0.444 e. The van der Waals surface area contributed by atoms with Gasteiger partial charge in [0.25, 0.3) is 0 Å². The predicted octanol–water partition coefficient (Wildman–Crippen LogP) is 3.18. The van der Waals surface area contributed by atoms with Gasteiger partial charge >= 0.3 is 6.09 Å². The number of rotatable bonds is 1. The van der Waals surface area contributed by atoms with E-state index in [1.54, 1.807) is 0 Å². The van der Waals surface area contributed by atoms with Crippen molar-refractivity contribution >= 4 is 11.7 Å². The first kappa shape index (κ1) is 16.0. The van der Waals surface area contributed by atoms with Crippen molar-refractivity contribution < 1.29 is 14.3 Å². The molecule has 3 heterocycles. The molecule has 23 heavy (non-hydrogen) atoms. The molecule has 0 aliphatic carbocycles. The quantitative estimate of drug-likeness (QED) is 0.798. The largest absolute Gasteiger partial charge is 0.444 e. The van der Waals surface area contributed by atoms with Crippen LogP contribution < -0.4 is 0 Å². The summed E-state index contributed by atoms with van der Waals surface area (Å²) in [5.74, 6) is 0. The first-order chi connectivity index (χ1) is 10.8. The van der Waals surface area contributed by atoms with Gasteiger partial charge in [0.2, 0.25) is 0 Å². The van der Waals surface area contributed by atoms with Crippen LogP contribution in [0.4, 0.5) is 4.79 Å². The molecule has 1 aromatic heterocycles. The lowest BCUT2D eigenvalue weighted by atomic mass is 9.92. The molecule has 2 atom stereocenters. The Morgan fingerprint density at radius 1 is 1.35 bits per heavy atom. The number of pyridine rings is 1. The normalized spacial score (nSPS) is 24.2. The Morgan fingerprint density at radius 3 is 2.78 bits per heavy atom. The monoisotopic (exact) mass is 316 g/mol. The SMILES string of the molecule is Cc1cccc(C2=CC3COCC(C2)N3C(=O)OC(C)(C)C)n1. The van der Waals surface area contributed by atoms with Gasteiger partial charge in [-0.1, -0.05) is 12.1 Å². The molecule has 0 aromatic carbocycles. The number of amides is 1. The van der Waals surface area contributed by atoms with Crippen LogP contribution in [0.2, 0.25) is 0 Å². The lowest BCUT2D eigenvalue weighted by Crippen LogP contribution is -2.57. The summed E-state index contributed by atoms with van der Waals surface area (Å²) in [5, 5.41) is 0. The second-order valence-electron chi connectivity index (χ2n) is 7.21. The second-order valence-corrected chi connectivity index (χ2v) is 7.21. The topological polar surface area (TPSA) is 51.7 Å². The van der Waals surface area contributed by atoms with Gasteiger partial charge in [-0.05, 0) is 51.8 Å². The molecule has 5 heteroatoms. The molecule has 1 fully saturated rings. The Morgan fingerprint density at radius 2 is 2.13 bits per heavy atom. The highest BCUT2D eigenvalue weighted by Crippen LogP contribution is 2.32. The van der Waals surface area contributed by atoms with Crippen molar-refractivity contribution in [1.82, 2.24) is 9.88 Å². The molecular weight excluding hydrogens is 292 g/mol. The highest BCUT2D eigenvalue weighted by molar-refractivity contribution is 5.74. The van der Waals surface area contributed by atoms with E-state index in [0.717, 1.165) is 17.8 Å². The van der Waals surface area contributed by atoms with E-state index in [9.17, 15) is 4.79 Å². The predicted molar refractivity (Wildman–Crippen MR) is 88.0 cm³/mol. The molecule has 2 bridgehead atoms. The summed E-state index contributed by atoms with van der Waals surface area (Å²) in [6, 6.07) is 5.95. The summed E-state index contributed by atoms with van der Waals surface area (Å²) >= 11 is 0. The minimum absolute atomic E-state index is 0.00547. The molecule has 0 saturated carbocycles. The second kappa shape index (κ2) is 5.96. The number of carbonyl (C=O) groups is 1. The zero-order valence-electron chi connectivity index (χ0n) is 14.2. The Kier molecular flexibility index (Phi) is 4.15. The highest BCUT2D eigenvalue weighted by Gasteiger charge is 2.40. The van der Waals surface area contributed by atoms with Crippen molar-refractivity contribution in [3.8, 4) is 0 Å². The Labute approximate surface area is 137 Å². The Hall–Kier alpha value is -1.88. The van der Waals surface area contributed by atoms with Crippen molar-refractivity contribution in [2.24, 2.45) is 0 Å². The Bertz CT molecular complexity index is 633. The minimum atomic E-state index is -0.492. The molecule has 0 radical (unpaired) electrons. The molecular formula is C18H24N2O3. The summed E-state index contributed by atoms with van der Waals surface area (Å²) in [4.78, 5) is 19.0. The van der Waals surface area contributed by atoms with Crippen LogP contribution in [0.5, 0.6) is 0 Å². The van der Waals surface area contributed by atoms with Gasteiger partial charge in [0, 0.05) is 5.69 Å². The van der Waals surface area contributed by atoms with Crippen molar-refractivity contribution in [3.63, 3.8) is 0 Å². The van der Waals surface area contributed by atoms with Crippen LogP contribution in [0.15, 0.2) is 24.3 Å². The van der Waals surface area contributed by atoms with E-state index < -0.39 is 5.60 Å². The fourth-order valence-corrected chi connectivity index (χ4v) is 3.11. The summed E-state index contributed by atoms with van der Waals surface area (Å²) in [7, 11) is 0. The zero-order valence-corrected chi connectivity index (χ0v) is 14.2. The lowest BCUT2D eigenvalue weighted by molar-refractivity contribution is -0.0511. The van der Waals surface area contributed by atoms with E-state index in [1.165, 1.54) is 5.57 Å². The van der Waals surface area contributed by atoms with Crippen molar-refractivity contribution in [1.29, 1.82) is 0 Å². The average Bonchev–Trinajstić information content (AvgIpc) is 2.44. The molecule has 2 aliphatic rings. The fourth-order valence-electron chi connectivity index (χ4n) is 3.11. The number of nitrogens with zero attached hydrogens (tertiary/aromatic N) is 2. The van der Waals surface area contributed by atoms with E-state index in [2.05, 4.69) is 11.1 Å². The van der Waals surface area contributed by atoms with E-state index in [0.29, 0.717) is 13.2 Å². The van der Waals surface area contributed by atoms with E-state index >= 15 is 0 Å². The number of aromatic nitrogens is 1. The van der Waals surface area contributed by atoms with Crippen LogP contribution >= 0.6 is 0 Å². The number of ether oxygens (including phenoxy) is 2. The van der Waals surface area contributed by atoms with Gasteiger partial charge in [0.05, 0.1) is 31.0 Å². The third-order valence-electron chi connectivity index (χ3n) is 4.02. The number of carbonyl (C=O) groups excluding carboxylic acids is 1. The average molecular weight is 316 g/mol. The third-order valence-corrected chi connectivity index (χ3v) is 4.02. The van der Waals surface area contributed by atoms with Crippen LogP contribution in [-0.4, -0.2) is 46.9 Å². The van der Waals surface area contributed by atoms with Crippen LogP contribution in [0.1, 0.15) is 38.6 Å². The molecule has 2 unspecified atom stereocenters. The van der Waals surface area contributed by atoms with Crippen molar-refractivity contribution in [3.05, 3.63) is 35.7 Å². The number of hydrogen-bond acceptors (Lipinski definition) is 4.